The third-order valence-electron chi connectivity index (χ3n) is 5.28. The number of piperidine rings is 1. The van der Waals surface area contributed by atoms with Crippen molar-refractivity contribution in [2.75, 3.05) is 13.1 Å². The molecule has 23 heavy (non-hydrogen) atoms. The zero-order chi connectivity index (χ0) is 16.2. The van der Waals surface area contributed by atoms with Gasteiger partial charge < -0.3 is 10.2 Å². The molecule has 1 amide bonds. The van der Waals surface area contributed by atoms with Crippen LogP contribution in [0.2, 0.25) is 0 Å². The molecule has 2 heterocycles. The van der Waals surface area contributed by atoms with Gasteiger partial charge >= 0.3 is 5.69 Å². The second-order valence-corrected chi connectivity index (χ2v) is 6.90. The van der Waals surface area contributed by atoms with Crippen molar-refractivity contribution in [2.45, 2.75) is 64.0 Å². The van der Waals surface area contributed by atoms with E-state index in [0.717, 1.165) is 32.0 Å². The molecule has 1 aliphatic heterocycles. The Morgan fingerprint density at radius 3 is 2.52 bits per heavy atom. The van der Waals surface area contributed by atoms with Crippen LogP contribution in [0.3, 0.4) is 0 Å². The SMILES string of the molecule is CC(NC(=O)C1CCN(C2CCCCC2)CC1)c1n[nH]c(=O)[nH]1. The first-order valence-corrected chi connectivity index (χ1v) is 8.82. The molecule has 1 unspecified atom stereocenters. The molecule has 3 N–H and O–H groups in total. The Hall–Kier alpha value is -1.63. The number of likely N-dealkylation sites (tertiary alicyclic amines) is 1. The second kappa shape index (κ2) is 7.29. The molecule has 7 heteroatoms. The Morgan fingerprint density at radius 1 is 1.22 bits per heavy atom. The zero-order valence-electron chi connectivity index (χ0n) is 13.8. The number of hydrogen-bond donors (Lipinski definition) is 3. The number of nitrogens with one attached hydrogen (secondary N) is 3. The number of hydrogen-bond acceptors (Lipinski definition) is 4. The summed E-state index contributed by atoms with van der Waals surface area (Å²) in [5.41, 5.74) is -0.345. The smallest absolute Gasteiger partial charge is 0.340 e. The number of nitrogens with zero attached hydrogens (tertiary/aromatic N) is 2. The van der Waals surface area contributed by atoms with Crippen molar-refractivity contribution >= 4 is 5.91 Å². The lowest BCUT2D eigenvalue weighted by Gasteiger charge is -2.39. The van der Waals surface area contributed by atoms with Crippen molar-refractivity contribution in [3.8, 4) is 0 Å². The number of aromatic nitrogens is 3. The van der Waals surface area contributed by atoms with E-state index >= 15 is 0 Å². The Morgan fingerprint density at radius 2 is 1.91 bits per heavy atom. The molecule has 0 spiro atoms. The second-order valence-electron chi connectivity index (χ2n) is 6.90. The van der Waals surface area contributed by atoms with Gasteiger partial charge in [0.05, 0.1) is 6.04 Å². The van der Waals surface area contributed by atoms with E-state index in [-0.39, 0.29) is 23.6 Å². The predicted octanol–water partition coefficient (Wildman–Crippen LogP) is 1.32. The van der Waals surface area contributed by atoms with Crippen LogP contribution in [0, 0.1) is 5.92 Å². The largest absolute Gasteiger partial charge is 0.346 e. The minimum Gasteiger partial charge on any atom is -0.346 e. The van der Waals surface area contributed by atoms with Gasteiger partial charge in [0, 0.05) is 12.0 Å². The number of H-pyrrole nitrogens is 2. The van der Waals surface area contributed by atoms with Crippen LogP contribution in [-0.2, 0) is 4.79 Å². The minimum absolute atomic E-state index is 0.0722. The summed E-state index contributed by atoms with van der Waals surface area (Å²) < 4.78 is 0. The van der Waals surface area contributed by atoms with Crippen LogP contribution >= 0.6 is 0 Å². The molecule has 3 rings (SSSR count). The molecular weight excluding hydrogens is 294 g/mol. The molecule has 1 atom stereocenters. The van der Waals surface area contributed by atoms with Crippen LogP contribution in [0.4, 0.5) is 0 Å². The van der Waals surface area contributed by atoms with Crippen LogP contribution < -0.4 is 11.0 Å². The maximum absolute atomic E-state index is 12.4. The summed E-state index contributed by atoms with van der Waals surface area (Å²) in [5, 5.41) is 9.16. The molecule has 1 aliphatic carbocycles. The van der Waals surface area contributed by atoms with E-state index in [1.807, 2.05) is 6.92 Å². The first kappa shape index (κ1) is 16.2. The molecule has 1 saturated carbocycles. The number of aromatic amines is 2. The van der Waals surface area contributed by atoms with Crippen molar-refractivity contribution in [1.82, 2.24) is 25.4 Å². The fourth-order valence-electron chi connectivity index (χ4n) is 3.86. The highest BCUT2D eigenvalue weighted by molar-refractivity contribution is 5.79. The summed E-state index contributed by atoms with van der Waals surface area (Å²) in [4.78, 5) is 28.7. The summed E-state index contributed by atoms with van der Waals surface area (Å²) in [5.74, 6) is 0.621. The molecule has 128 valence electrons. The summed E-state index contributed by atoms with van der Waals surface area (Å²) in [6.07, 6.45) is 8.57. The minimum atomic E-state index is -0.345. The maximum Gasteiger partial charge on any atom is 0.340 e. The van der Waals surface area contributed by atoms with Gasteiger partial charge in [-0.1, -0.05) is 19.3 Å². The molecule has 0 bridgehead atoms. The summed E-state index contributed by atoms with van der Waals surface area (Å²) in [6, 6.07) is 0.457. The number of rotatable bonds is 4. The van der Waals surface area contributed by atoms with E-state index in [1.54, 1.807) is 0 Å². The van der Waals surface area contributed by atoms with Gasteiger partial charge in [0.25, 0.3) is 0 Å². The van der Waals surface area contributed by atoms with E-state index < -0.39 is 0 Å². The number of carbonyl (C=O) groups is 1. The van der Waals surface area contributed by atoms with Crippen molar-refractivity contribution < 1.29 is 4.79 Å². The van der Waals surface area contributed by atoms with Gasteiger partial charge in [0.1, 0.15) is 0 Å². The first-order valence-electron chi connectivity index (χ1n) is 8.82. The lowest BCUT2D eigenvalue weighted by molar-refractivity contribution is -0.127. The highest BCUT2D eigenvalue weighted by atomic mass is 16.2. The van der Waals surface area contributed by atoms with Crippen LogP contribution in [0.15, 0.2) is 4.79 Å². The molecule has 0 aromatic carbocycles. The van der Waals surface area contributed by atoms with Gasteiger partial charge in [0.15, 0.2) is 5.82 Å². The average Bonchev–Trinajstić information content (AvgIpc) is 3.02. The van der Waals surface area contributed by atoms with E-state index in [0.29, 0.717) is 5.82 Å². The quantitative estimate of drug-likeness (QED) is 0.779. The van der Waals surface area contributed by atoms with Gasteiger partial charge in [0.2, 0.25) is 5.91 Å². The van der Waals surface area contributed by atoms with Crippen LogP contribution in [0.5, 0.6) is 0 Å². The highest BCUT2D eigenvalue weighted by Gasteiger charge is 2.30. The van der Waals surface area contributed by atoms with Crippen molar-refractivity contribution in [3.63, 3.8) is 0 Å². The first-order chi connectivity index (χ1) is 11.1. The molecule has 2 fully saturated rings. The van der Waals surface area contributed by atoms with E-state index in [4.69, 9.17) is 0 Å². The third-order valence-corrected chi connectivity index (χ3v) is 5.28. The summed E-state index contributed by atoms with van der Waals surface area (Å²) in [7, 11) is 0. The molecule has 0 radical (unpaired) electrons. The monoisotopic (exact) mass is 321 g/mol. The maximum atomic E-state index is 12.4. The van der Waals surface area contributed by atoms with E-state index in [1.165, 1.54) is 32.1 Å². The standard InChI is InChI=1S/C16H27N5O2/c1-11(14-18-16(23)20-19-14)17-15(22)12-7-9-21(10-8-12)13-5-3-2-4-6-13/h11-13H,2-10H2,1H3,(H,17,22)(H2,18,19,20,23). The highest BCUT2D eigenvalue weighted by Crippen LogP contribution is 2.27. The Bertz CT molecular complexity index is 567. The molecule has 2 aliphatic rings. The summed E-state index contributed by atoms with van der Waals surface area (Å²) in [6.45, 7) is 3.88. The number of carbonyl (C=O) groups excluding carboxylic acids is 1. The topological polar surface area (TPSA) is 93.9 Å². The summed E-state index contributed by atoms with van der Waals surface area (Å²) >= 11 is 0. The zero-order valence-corrected chi connectivity index (χ0v) is 13.8. The van der Waals surface area contributed by atoms with Crippen LogP contribution in [0.25, 0.3) is 0 Å². The Kier molecular flexibility index (Phi) is 5.15. The fourth-order valence-corrected chi connectivity index (χ4v) is 3.86. The number of amides is 1. The normalized spacial score (nSPS) is 22.8. The van der Waals surface area contributed by atoms with Crippen LogP contribution in [0.1, 0.15) is 63.7 Å². The van der Waals surface area contributed by atoms with Crippen molar-refractivity contribution in [1.29, 1.82) is 0 Å². The van der Waals surface area contributed by atoms with Gasteiger partial charge in [-0.2, -0.15) is 5.10 Å². The lowest BCUT2D eigenvalue weighted by atomic mass is 9.90. The van der Waals surface area contributed by atoms with E-state index in [9.17, 15) is 9.59 Å². The van der Waals surface area contributed by atoms with E-state index in [2.05, 4.69) is 25.4 Å². The van der Waals surface area contributed by atoms with Crippen molar-refractivity contribution in [3.05, 3.63) is 16.3 Å². The fraction of sp³-hybridized carbons (Fsp3) is 0.812. The molecular formula is C16H27N5O2. The van der Waals surface area contributed by atoms with Gasteiger partial charge in [-0.25, -0.2) is 9.89 Å². The van der Waals surface area contributed by atoms with Crippen LogP contribution in [-0.4, -0.2) is 45.1 Å². The van der Waals surface area contributed by atoms with Gasteiger partial charge in [-0.05, 0) is 45.7 Å². The third kappa shape index (κ3) is 4.02. The van der Waals surface area contributed by atoms with Crippen molar-refractivity contribution in [2.24, 2.45) is 5.92 Å². The predicted molar refractivity (Wildman–Crippen MR) is 86.9 cm³/mol. The van der Waals surface area contributed by atoms with Gasteiger partial charge in [-0.15, -0.1) is 0 Å². The van der Waals surface area contributed by atoms with Gasteiger partial charge in [-0.3, -0.25) is 9.78 Å². The molecule has 1 aromatic rings. The average molecular weight is 321 g/mol. The molecule has 1 aromatic heterocycles. The molecule has 1 saturated heterocycles. The lowest BCUT2D eigenvalue weighted by Crippen LogP contribution is -2.45. The Balaban J connectivity index is 1.47. The molecule has 7 nitrogen and oxygen atoms in total. The Labute approximate surface area is 136 Å².